The molecule has 0 amide bonds. The summed E-state index contributed by atoms with van der Waals surface area (Å²) in [5.41, 5.74) is 5.40. The molecule has 90 valence electrons. The molecule has 0 aliphatic carbocycles. The number of nitrogens with one attached hydrogen (secondary N) is 1. The van der Waals surface area contributed by atoms with Crippen molar-refractivity contribution in [1.82, 2.24) is 4.72 Å². The Balaban J connectivity index is 3.80. The third-order valence-electron chi connectivity index (χ3n) is 1.65. The molecule has 0 heterocycles. The van der Waals surface area contributed by atoms with Gasteiger partial charge in [0.25, 0.3) is 0 Å². The molecule has 0 saturated heterocycles. The molecule has 0 aromatic heterocycles. The van der Waals surface area contributed by atoms with Gasteiger partial charge >= 0.3 is 5.97 Å². The third-order valence-corrected chi connectivity index (χ3v) is 3.08. The lowest BCUT2D eigenvalue weighted by atomic mass is 10.3. The zero-order valence-corrected chi connectivity index (χ0v) is 9.84. The van der Waals surface area contributed by atoms with Crippen molar-refractivity contribution < 1.29 is 17.9 Å². The highest BCUT2D eigenvalue weighted by molar-refractivity contribution is 7.89. The van der Waals surface area contributed by atoms with Crippen LogP contribution in [0.1, 0.15) is 19.8 Å². The number of sulfonamides is 1. The van der Waals surface area contributed by atoms with Gasteiger partial charge < -0.3 is 10.5 Å². The zero-order chi connectivity index (χ0) is 11.9. The lowest BCUT2D eigenvalue weighted by Crippen LogP contribution is -2.36. The molecule has 0 saturated carbocycles. The molecule has 0 aliphatic rings. The fourth-order valence-corrected chi connectivity index (χ4v) is 2.02. The summed E-state index contributed by atoms with van der Waals surface area (Å²) in [7, 11) is -2.05. The quantitative estimate of drug-likeness (QED) is 0.566. The van der Waals surface area contributed by atoms with Crippen LogP contribution in [-0.2, 0) is 19.6 Å². The first-order valence-corrected chi connectivity index (χ1v) is 6.32. The van der Waals surface area contributed by atoms with E-state index in [1.54, 1.807) is 6.92 Å². The van der Waals surface area contributed by atoms with Crippen molar-refractivity contribution in [1.29, 1.82) is 0 Å². The second-order valence-electron chi connectivity index (χ2n) is 3.32. The van der Waals surface area contributed by atoms with E-state index in [-0.39, 0.29) is 31.2 Å². The fraction of sp³-hybridized carbons (Fsp3) is 0.875. The summed E-state index contributed by atoms with van der Waals surface area (Å²) in [6.45, 7) is 1.91. The summed E-state index contributed by atoms with van der Waals surface area (Å²) >= 11 is 0. The zero-order valence-electron chi connectivity index (χ0n) is 9.02. The molecule has 15 heavy (non-hydrogen) atoms. The highest BCUT2D eigenvalue weighted by Gasteiger charge is 2.11. The van der Waals surface area contributed by atoms with Gasteiger partial charge in [-0.1, -0.05) is 0 Å². The Bertz CT molecular complexity index is 287. The van der Waals surface area contributed by atoms with Gasteiger partial charge in [0.1, 0.15) is 0 Å². The Morgan fingerprint density at radius 3 is 2.60 bits per heavy atom. The fourth-order valence-electron chi connectivity index (χ4n) is 0.839. The molecule has 7 heteroatoms. The minimum atomic E-state index is -3.32. The number of hydrogen-bond acceptors (Lipinski definition) is 5. The minimum absolute atomic E-state index is 0.0885. The van der Waals surface area contributed by atoms with Crippen LogP contribution in [0.4, 0.5) is 0 Å². The number of carbonyl (C=O) groups excluding carboxylic acids is 1. The number of hydrogen-bond donors (Lipinski definition) is 2. The predicted octanol–water partition coefficient (Wildman–Crippen LogP) is -0.794. The number of ether oxygens (including phenoxy) is 1. The number of esters is 1. The van der Waals surface area contributed by atoms with Crippen LogP contribution in [0.5, 0.6) is 0 Å². The normalized spacial score (nSPS) is 13.5. The number of nitrogens with two attached hydrogens (primary N) is 1. The average Bonchev–Trinajstić information content (AvgIpc) is 2.14. The molecule has 0 aromatic rings. The molecule has 1 atom stereocenters. The summed E-state index contributed by atoms with van der Waals surface area (Å²) in [5, 5.41) is 0. The van der Waals surface area contributed by atoms with Crippen LogP contribution in [0.2, 0.25) is 0 Å². The predicted molar refractivity (Wildman–Crippen MR) is 56.7 cm³/mol. The van der Waals surface area contributed by atoms with Crippen molar-refractivity contribution in [2.24, 2.45) is 5.73 Å². The summed E-state index contributed by atoms with van der Waals surface area (Å²) in [4.78, 5) is 10.7. The lowest BCUT2D eigenvalue weighted by molar-refractivity contribution is -0.140. The monoisotopic (exact) mass is 238 g/mol. The van der Waals surface area contributed by atoms with Gasteiger partial charge in [-0.15, -0.1) is 0 Å². The second kappa shape index (κ2) is 6.76. The number of methoxy groups -OCH3 is 1. The number of carbonyl (C=O) groups is 1. The van der Waals surface area contributed by atoms with Crippen molar-refractivity contribution in [3.63, 3.8) is 0 Å². The largest absolute Gasteiger partial charge is 0.469 e. The van der Waals surface area contributed by atoms with Crippen LogP contribution in [0, 0.1) is 0 Å². The molecule has 0 radical (unpaired) electrons. The lowest BCUT2D eigenvalue weighted by Gasteiger charge is -2.08. The van der Waals surface area contributed by atoms with Crippen LogP contribution in [0.25, 0.3) is 0 Å². The van der Waals surface area contributed by atoms with Gasteiger partial charge in [0.05, 0.1) is 12.9 Å². The van der Waals surface area contributed by atoms with Gasteiger partial charge in [0.2, 0.25) is 10.0 Å². The maximum absolute atomic E-state index is 11.3. The van der Waals surface area contributed by atoms with E-state index in [0.29, 0.717) is 0 Å². The first-order valence-electron chi connectivity index (χ1n) is 4.67. The molecular weight excluding hydrogens is 220 g/mol. The van der Waals surface area contributed by atoms with Crippen molar-refractivity contribution in [2.45, 2.75) is 25.8 Å². The molecule has 6 nitrogen and oxygen atoms in total. The van der Waals surface area contributed by atoms with Crippen LogP contribution >= 0.6 is 0 Å². The first kappa shape index (κ1) is 14.3. The summed E-state index contributed by atoms with van der Waals surface area (Å²) < 4.78 is 29.3. The van der Waals surface area contributed by atoms with Gasteiger partial charge in [-0.25, -0.2) is 13.1 Å². The molecule has 1 unspecified atom stereocenters. The molecule has 0 spiro atoms. The minimum Gasteiger partial charge on any atom is -0.469 e. The van der Waals surface area contributed by atoms with E-state index in [1.165, 1.54) is 7.11 Å². The summed E-state index contributed by atoms with van der Waals surface area (Å²) in [6.07, 6.45) is 0.358. The Kier molecular flexibility index (Phi) is 6.46. The van der Waals surface area contributed by atoms with Gasteiger partial charge in [-0.3, -0.25) is 4.79 Å². The van der Waals surface area contributed by atoms with Gasteiger partial charge in [-0.05, 0) is 13.3 Å². The van der Waals surface area contributed by atoms with E-state index in [4.69, 9.17) is 5.73 Å². The Hall–Kier alpha value is -0.660. The van der Waals surface area contributed by atoms with Gasteiger partial charge in [-0.2, -0.15) is 0 Å². The van der Waals surface area contributed by atoms with Gasteiger partial charge in [0.15, 0.2) is 0 Å². The topological polar surface area (TPSA) is 98.5 Å². The highest BCUT2D eigenvalue weighted by Crippen LogP contribution is 1.96. The molecular formula is C8H18N2O4S. The van der Waals surface area contributed by atoms with Crippen molar-refractivity contribution in [3.8, 4) is 0 Å². The van der Waals surface area contributed by atoms with E-state index in [0.717, 1.165) is 0 Å². The van der Waals surface area contributed by atoms with Crippen LogP contribution in [0.15, 0.2) is 0 Å². The smallest absolute Gasteiger partial charge is 0.305 e. The second-order valence-corrected chi connectivity index (χ2v) is 5.25. The summed E-state index contributed by atoms with van der Waals surface area (Å²) in [5.74, 6) is -0.494. The molecule has 0 fully saturated rings. The van der Waals surface area contributed by atoms with Crippen molar-refractivity contribution >= 4 is 16.0 Å². The number of rotatable bonds is 7. The Morgan fingerprint density at radius 2 is 2.13 bits per heavy atom. The third kappa shape index (κ3) is 8.34. The van der Waals surface area contributed by atoms with E-state index < -0.39 is 16.0 Å². The van der Waals surface area contributed by atoms with Crippen molar-refractivity contribution in [2.75, 3.05) is 19.4 Å². The van der Waals surface area contributed by atoms with Crippen molar-refractivity contribution in [3.05, 3.63) is 0 Å². The van der Waals surface area contributed by atoms with Crippen LogP contribution < -0.4 is 10.5 Å². The molecule has 0 rings (SSSR count). The highest BCUT2D eigenvalue weighted by atomic mass is 32.2. The van der Waals surface area contributed by atoms with Crippen LogP contribution in [-0.4, -0.2) is 39.8 Å². The first-order chi connectivity index (χ1) is 6.87. The van der Waals surface area contributed by atoms with Crippen LogP contribution in [0.3, 0.4) is 0 Å². The molecule has 0 bridgehead atoms. The van der Waals surface area contributed by atoms with E-state index >= 15 is 0 Å². The van der Waals surface area contributed by atoms with Gasteiger partial charge in [0, 0.05) is 19.0 Å². The molecule has 3 N–H and O–H groups in total. The SMILES string of the molecule is COC(=O)CCCS(=O)(=O)NCC(C)N. The Morgan fingerprint density at radius 1 is 1.53 bits per heavy atom. The summed E-state index contributed by atoms with van der Waals surface area (Å²) in [6, 6.07) is -0.222. The maximum Gasteiger partial charge on any atom is 0.305 e. The molecule has 0 aromatic carbocycles. The maximum atomic E-state index is 11.3. The standard InChI is InChI=1S/C8H18N2O4S/c1-7(9)6-10-15(12,13)5-3-4-8(11)14-2/h7,10H,3-6,9H2,1-2H3. The van der Waals surface area contributed by atoms with E-state index in [2.05, 4.69) is 9.46 Å². The van der Waals surface area contributed by atoms with E-state index in [9.17, 15) is 13.2 Å². The average molecular weight is 238 g/mol. The van der Waals surface area contributed by atoms with E-state index in [1.807, 2.05) is 0 Å². The molecule has 0 aliphatic heterocycles. The Labute approximate surface area is 90.2 Å².